The number of sulfone groups is 1. The molecule has 1 aromatic rings. The second kappa shape index (κ2) is 7.04. The summed E-state index contributed by atoms with van der Waals surface area (Å²) in [7, 11) is -7.76. The molecule has 9 heteroatoms. The highest BCUT2D eigenvalue weighted by Crippen LogP contribution is 2.20. The lowest BCUT2D eigenvalue weighted by Crippen LogP contribution is -2.33. The van der Waals surface area contributed by atoms with Gasteiger partial charge in [0.25, 0.3) is 0 Å². The van der Waals surface area contributed by atoms with E-state index in [4.69, 9.17) is 11.6 Å². The topological polar surface area (TPSA) is 80.3 Å². The highest BCUT2D eigenvalue weighted by molar-refractivity contribution is 7.91. The predicted octanol–water partition coefficient (Wildman–Crippen LogP) is 1.92. The van der Waals surface area contributed by atoms with Gasteiger partial charge in [-0.15, -0.1) is 11.6 Å². The number of hydrogen-bond acceptors (Lipinski definition) is 4. The molecule has 120 valence electrons. The number of nitrogens with one attached hydrogen (secondary N) is 1. The number of rotatable bonds is 7. The fourth-order valence-electron chi connectivity index (χ4n) is 1.69. The molecule has 0 spiro atoms. The zero-order valence-electron chi connectivity index (χ0n) is 11.6. The Balaban J connectivity index is 3.14. The Kier molecular flexibility index (Phi) is 6.15. The predicted molar refractivity (Wildman–Crippen MR) is 79.2 cm³/mol. The van der Waals surface area contributed by atoms with E-state index < -0.39 is 36.6 Å². The van der Waals surface area contributed by atoms with Crippen molar-refractivity contribution in [3.63, 3.8) is 0 Å². The van der Waals surface area contributed by atoms with Gasteiger partial charge in [0.1, 0.15) is 10.7 Å². The van der Waals surface area contributed by atoms with Crippen molar-refractivity contribution >= 4 is 31.5 Å². The number of halogens is 2. The maximum Gasteiger partial charge on any atom is 0.243 e. The van der Waals surface area contributed by atoms with E-state index in [9.17, 15) is 21.2 Å². The monoisotopic (exact) mass is 357 g/mol. The van der Waals surface area contributed by atoms with E-state index >= 15 is 0 Å². The van der Waals surface area contributed by atoms with Crippen molar-refractivity contribution in [1.29, 1.82) is 0 Å². The molecule has 0 aromatic heterocycles. The van der Waals surface area contributed by atoms with Crippen LogP contribution in [-0.4, -0.2) is 35.0 Å². The van der Waals surface area contributed by atoms with Crippen LogP contribution in [0.4, 0.5) is 4.39 Å². The summed E-state index contributed by atoms with van der Waals surface area (Å²) in [6, 6.07) is 2.24. The first-order chi connectivity index (χ1) is 9.58. The Morgan fingerprint density at radius 3 is 2.43 bits per heavy atom. The van der Waals surface area contributed by atoms with Crippen molar-refractivity contribution in [2.45, 2.75) is 35.6 Å². The van der Waals surface area contributed by atoms with E-state index in [-0.39, 0.29) is 4.90 Å². The molecule has 0 amide bonds. The Hall–Kier alpha value is -0.700. The fraction of sp³-hybridized carbons (Fsp3) is 0.500. The zero-order valence-corrected chi connectivity index (χ0v) is 14.0. The summed E-state index contributed by atoms with van der Waals surface area (Å²) in [5.41, 5.74) is 0. The van der Waals surface area contributed by atoms with Gasteiger partial charge in [-0.1, -0.05) is 0 Å². The normalized spacial score (nSPS) is 14.1. The van der Waals surface area contributed by atoms with E-state index in [0.717, 1.165) is 24.5 Å². The molecule has 21 heavy (non-hydrogen) atoms. The number of alkyl halides is 1. The molecule has 1 rings (SSSR count). The van der Waals surface area contributed by atoms with Crippen LogP contribution in [0.3, 0.4) is 0 Å². The first-order valence-corrected chi connectivity index (χ1v) is 10.1. The van der Waals surface area contributed by atoms with Crippen LogP contribution in [0.5, 0.6) is 0 Å². The van der Waals surface area contributed by atoms with E-state index in [0.29, 0.717) is 18.7 Å². The molecule has 1 atom stereocenters. The van der Waals surface area contributed by atoms with Gasteiger partial charge in [-0.05, 0) is 38.0 Å². The highest BCUT2D eigenvalue weighted by atomic mass is 35.5. The van der Waals surface area contributed by atoms with E-state index in [1.54, 1.807) is 6.92 Å². The lowest BCUT2D eigenvalue weighted by Gasteiger charge is -2.14. The maximum atomic E-state index is 13.7. The summed E-state index contributed by atoms with van der Waals surface area (Å²) in [6.45, 7) is 1.63. The molecule has 5 nitrogen and oxygen atoms in total. The van der Waals surface area contributed by atoms with Gasteiger partial charge in [0.2, 0.25) is 10.0 Å². The van der Waals surface area contributed by atoms with Crippen LogP contribution in [0.25, 0.3) is 0 Å². The first-order valence-electron chi connectivity index (χ1n) is 6.16. The number of sulfonamides is 1. The molecule has 0 saturated heterocycles. The van der Waals surface area contributed by atoms with Crippen LogP contribution in [-0.2, 0) is 19.9 Å². The van der Waals surface area contributed by atoms with Crippen molar-refractivity contribution in [2.75, 3.05) is 12.1 Å². The molecule has 0 aliphatic rings. The molecular weight excluding hydrogens is 341 g/mol. The number of hydrogen-bond donors (Lipinski definition) is 1. The SMILES string of the molecule is CC(CCCCl)NS(=O)(=O)c1cc(S(C)(=O)=O)ccc1F. The van der Waals surface area contributed by atoms with Gasteiger partial charge in [-0.25, -0.2) is 25.9 Å². The van der Waals surface area contributed by atoms with E-state index in [2.05, 4.69) is 4.72 Å². The van der Waals surface area contributed by atoms with Gasteiger partial charge in [-0.2, -0.15) is 0 Å². The van der Waals surface area contributed by atoms with Gasteiger partial charge >= 0.3 is 0 Å². The third-order valence-corrected chi connectivity index (χ3v) is 5.73. The second-order valence-electron chi connectivity index (χ2n) is 4.72. The van der Waals surface area contributed by atoms with Gasteiger partial charge in [-0.3, -0.25) is 0 Å². The van der Waals surface area contributed by atoms with E-state index in [1.165, 1.54) is 0 Å². The van der Waals surface area contributed by atoms with Gasteiger partial charge in [0.15, 0.2) is 9.84 Å². The van der Waals surface area contributed by atoms with Crippen LogP contribution in [0.1, 0.15) is 19.8 Å². The largest absolute Gasteiger partial charge is 0.243 e. The van der Waals surface area contributed by atoms with Crippen LogP contribution < -0.4 is 4.72 Å². The van der Waals surface area contributed by atoms with Gasteiger partial charge in [0, 0.05) is 18.2 Å². The first kappa shape index (κ1) is 18.3. The van der Waals surface area contributed by atoms with Crippen molar-refractivity contribution in [1.82, 2.24) is 4.72 Å². The third-order valence-electron chi connectivity index (χ3n) is 2.75. The highest BCUT2D eigenvalue weighted by Gasteiger charge is 2.23. The van der Waals surface area contributed by atoms with Crippen LogP contribution in [0.15, 0.2) is 28.0 Å². The van der Waals surface area contributed by atoms with Gasteiger partial charge in [0.05, 0.1) is 4.90 Å². The Labute approximate surface area is 129 Å². The molecule has 0 aliphatic heterocycles. The molecule has 0 bridgehead atoms. The Morgan fingerprint density at radius 2 is 1.90 bits per heavy atom. The summed E-state index contributed by atoms with van der Waals surface area (Å²) in [5.74, 6) is -0.608. The minimum atomic E-state index is -4.14. The molecule has 0 radical (unpaired) electrons. The van der Waals surface area contributed by atoms with Crippen LogP contribution in [0, 0.1) is 5.82 Å². The van der Waals surface area contributed by atoms with Crippen LogP contribution in [0.2, 0.25) is 0 Å². The van der Waals surface area contributed by atoms with Crippen molar-refractivity contribution in [3.8, 4) is 0 Å². The Bertz CT molecular complexity index is 704. The standard InChI is InChI=1S/C12H17ClFNO4S2/c1-9(4-3-7-13)15-21(18,19)12-8-10(20(2,16)17)5-6-11(12)14/h5-6,8-9,15H,3-4,7H2,1-2H3. The van der Waals surface area contributed by atoms with Crippen LogP contribution >= 0.6 is 11.6 Å². The zero-order chi connectivity index (χ0) is 16.3. The fourth-order valence-corrected chi connectivity index (χ4v) is 3.95. The summed E-state index contributed by atoms with van der Waals surface area (Å²) in [6.07, 6.45) is 2.03. The molecule has 1 N–H and O–H groups in total. The quantitative estimate of drug-likeness (QED) is 0.597. The maximum absolute atomic E-state index is 13.7. The molecule has 1 unspecified atom stereocenters. The number of benzene rings is 1. The molecule has 0 saturated carbocycles. The summed E-state index contributed by atoms with van der Waals surface area (Å²) < 4.78 is 63.1. The third kappa shape index (κ3) is 5.21. The van der Waals surface area contributed by atoms with Gasteiger partial charge < -0.3 is 0 Å². The molecule has 0 heterocycles. The summed E-state index contributed by atoms with van der Waals surface area (Å²) >= 11 is 5.53. The minimum absolute atomic E-state index is 0.252. The molecule has 1 aromatic carbocycles. The average Bonchev–Trinajstić information content (AvgIpc) is 2.34. The van der Waals surface area contributed by atoms with Crippen molar-refractivity contribution < 1.29 is 21.2 Å². The lowest BCUT2D eigenvalue weighted by molar-refractivity contribution is 0.530. The lowest BCUT2D eigenvalue weighted by atomic mass is 10.2. The minimum Gasteiger partial charge on any atom is -0.224 e. The molecule has 0 aliphatic carbocycles. The van der Waals surface area contributed by atoms with Crippen molar-refractivity contribution in [3.05, 3.63) is 24.0 Å². The Morgan fingerprint density at radius 1 is 1.29 bits per heavy atom. The smallest absolute Gasteiger partial charge is 0.224 e. The average molecular weight is 358 g/mol. The summed E-state index contributed by atoms with van der Waals surface area (Å²) in [4.78, 5) is -0.930. The summed E-state index contributed by atoms with van der Waals surface area (Å²) in [5, 5.41) is 0. The second-order valence-corrected chi connectivity index (χ2v) is 8.79. The molecular formula is C12H17ClFNO4S2. The molecule has 0 fully saturated rings. The van der Waals surface area contributed by atoms with Crippen molar-refractivity contribution in [2.24, 2.45) is 0 Å². The van der Waals surface area contributed by atoms with E-state index in [1.807, 2.05) is 0 Å².